The van der Waals surface area contributed by atoms with E-state index in [0.717, 1.165) is 27.2 Å². The number of rotatable bonds is 7. The van der Waals surface area contributed by atoms with Crippen molar-refractivity contribution in [2.75, 3.05) is 17.2 Å². The van der Waals surface area contributed by atoms with Crippen molar-refractivity contribution in [3.05, 3.63) is 70.9 Å². The average molecular weight is 445 g/mol. The van der Waals surface area contributed by atoms with Gasteiger partial charge in [0.2, 0.25) is 5.91 Å². The van der Waals surface area contributed by atoms with Crippen LogP contribution in [0.2, 0.25) is 0 Å². The Labute approximate surface area is 190 Å². The zero-order chi connectivity index (χ0) is 22.7. The third kappa shape index (κ3) is 4.68. The van der Waals surface area contributed by atoms with Crippen molar-refractivity contribution in [2.45, 2.75) is 27.2 Å². The molecular weight excluding hydrogens is 420 g/mol. The highest BCUT2D eigenvalue weighted by Gasteiger charge is 2.17. The van der Waals surface area contributed by atoms with Crippen LogP contribution in [-0.4, -0.2) is 28.2 Å². The van der Waals surface area contributed by atoms with E-state index in [2.05, 4.69) is 58.7 Å². The molecule has 0 radical (unpaired) electrons. The van der Waals surface area contributed by atoms with Gasteiger partial charge in [0.1, 0.15) is 17.0 Å². The molecule has 2 heterocycles. The van der Waals surface area contributed by atoms with Gasteiger partial charge in [0.25, 0.3) is 0 Å². The van der Waals surface area contributed by atoms with Crippen molar-refractivity contribution in [3.8, 4) is 11.1 Å². The number of fused-ring (bicyclic) bond motifs is 1. The minimum Gasteiger partial charge on any atom is -0.369 e. The molecule has 0 spiro atoms. The van der Waals surface area contributed by atoms with Crippen LogP contribution in [0.5, 0.6) is 0 Å². The van der Waals surface area contributed by atoms with Gasteiger partial charge in [0, 0.05) is 34.7 Å². The first-order valence-corrected chi connectivity index (χ1v) is 11.2. The summed E-state index contributed by atoms with van der Waals surface area (Å²) >= 11 is 1.64. The van der Waals surface area contributed by atoms with E-state index in [1.54, 1.807) is 41.9 Å². The van der Waals surface area contributed by atoms with Gasteiger partial charge in [-0.05, 0) is 38.5 Å². The molecule has 0 saturated carbocycles. The van der Waals surface area contributed by atoms with Gasteiger partial charge >= 0.3 is 0 Å². The monoisotopic (exact) mass is 444 g/mol. The van der Waals surface area contributed by atoms with Gasteiger partial charge in [-0.2, -0.15) is 0 Å². The van der Waals surface area contributed by atoms with Gasteiger partial charge < -0.3 is 10.6 Å². The highest BCUT2D eigenvalue weighted by atomic mass is 32.1. The lowest BCUT2D eigenvalue weighted by molar-refractivity contribution is -0.115. The molecule has 6 nitrogen and oxygen atoms in total. The first-order valence-electron chi connectivity index (χ1n) is 10.4. The summed E-state index contributed by atoms with van der Waals surface area (Å²) < 4.78 is 0. The Morgan fingerprint density at radius 3 is 2.56 bits per heavy atom. The third-order valence-electron chi connectivity index (χ3n) is 5.20. The van der Waals surface area contributed by atoms with E-state index in [1.165, 1.54) is 17.4 Å². The number of nitrogens with zero attached hydrogens (tertiary/aromatic N) is 2. The Morgan fingerprint density at radius 1 is 1.03 bits per heavy atom. The van der Waals surface area contributed by atoms with Crippen molar-refractivity contribution in [2.24, 2.45) is 0 Å². The number of hydrogen-bond acceptors (Lipinski definition) is 6. The molecular formula is C25H24N4O2S. The topological polar surface area (TPSA) is 84.0 Å². The molecule has 0 aliphatic heterocycles. The predicted molar refractivity (Wildman–Crippen MR) is 131 cm³/mol. The molecule has 0 bridgehead atoms. The number of Topliss-reactive ketones (excluding diaryl/α,β-unsaturated/α-hetero) is 1. The third-order valence-corrected chi connectivity index (χ3v) is 6.22. The first-order chi connectivity index (χ1) is 15.4. The number of benzene rings is 2. The quantitative estimate of drug-likeness (QED) is 0.362. The van der Waals surface area contributed by atoms with Gasteiger partial charge in [-0.25, -0.2) is 9.97 Å². The number of ketones is 1. The van der Waals surface area contributed by atoms with E-state index in [1.807, 2.05) is 0 Å². The number of aryl methyl sites for hydroxylation is 2. The maximum Gasteiger partial charge on any atom is 0.226 e. The second-order valence-corrected chi connectivity index (χ2v) is 8.87. The summed E-state index contributed by atoms with van der Waals surface area (Å²) in [5, 5.41) is 7.13. The summed E-state index contributed by atoms with van der Waals surface area (Å²) in [6, 6.07) is 15.4. The molecule has 4 rings (SSSR count). The van der Waals surface area contributed by atoms with Crippen LogP contribution < -0.4 is 10.6 Å². The number of nitrogens with one attached hydrogen (secondary N) is 2. The molecule has 2 aromatic carbocycles. The van der Waals surface area contributed by atoms with Gasteiger partial charge in [-0.3, -0.25) is 9.59 Å². The van der Waals surface area contributed by atoms with Crippen molar-refractivity contribution in [1.29, 1.82) is 0 Å². The van der Waals surface area contributed by atoms with E-state index in [-0.39, 0.29) is 18.1 Å². The zero-order valence-electron chi connectivity index (χ0n) is 18.2. The molecule has 7 heteroatoms. The maximum atomic E-state index is 12.4. The number of aromatic nitrogens is 2. The van der Waals surface area contributed by atoms with E-state index < -0.39 is 0 Å². The van der Waals surface area contributed by atoms with Gasteiger partial charge in [0.15, 0.2) is 5.78 Å². The normalized spacial score (nSPS) is 10.8. The molecule has 0 fully saturated rings. The number of amides is 1. The molecule has 0 aliphatic carbocycles. The molecule has 0 saturated heterocycles. The van der Waals surface area contributed by atoms with Crippen molar-refractivity contribution in [1.82, 2.24) is 9.97 Å². The van der Waals surface area contributed by atoms with Crippen molar-refractivity contribution in [3.63, 3.8) is 0 Å². The summed E-state index contributed by atoms with van der Waals surface area (Å²) in [6.07, 6.45) is 1.81. The molecule has 4 aromatic rings. The number of thiophene rings is 1. The minimum absolute atomic E-state index is 0.0361. The second-order valence-electron chi connectivity index (χ2n) is 7.66. The fourth-order valence-corrected chi connectivity index (χ4v) is 4.59. The highest BCUT2D eigenvalue weighted by Crippen LogP contribution is 2.40. The molecule has 0 atom stereocenters. The molecule has 32 heavy (non-hydrogen) atoms. The number of carbonyl (C=O) groups excluding carboxylic acids is 2. The van der Waals surface area contributed by atoms with Gasteiger partial charge in [-0.15, -0.1) is 11.3 Å². The fraction of sp³-hybridized carbons (Fsp3) is 0.200. The smallest absolute Gasteiger partial charge is 0.226 e. The Morgan fingerprint density at radius 2 is 1.81 bits per heavy atom. The Hall–Kier alpha value is -3.58. The second kappa shape index (κ2) is 9.28. The van der Waals surface area contributed by atoms with Crippen LogP contribution in [-0.2, 0) is 4.79 Å². The number of carbonyl (C=O) groups is 2. The standard InChI is InChI=1S/C25H24N4O2S/c1-15-7-9-18(10-8-15)22-17(3)32-25-23(22)24(27-14-28-25)26-12-11-21(31)29-20-6-4-5-19(13-20)16(2)30/h4-10,13-14H,11-12H2,1-3H3,(H,29,31)(H,26,27,28). The molecule has 1 amide bonds. The summed E-state index contributed by atoms with van der Waals surface area (Å²) in [5.41, 5.74) is 4.64. The van der Waals surface area contributed by atoms with Crippen LogP contribution in [0.15, 0.2) is 54.9 Å². The summed E-state index contributed by atoms with van der Waals surface area (Å²) in [4.78, 5) is 34.9. The van der Waals surface area contributed by atoms with Crippen LogP contribution in [0.25, 0.3) is 21.3 Å². The maximum absolute atomic E-state index is 12.4. The minimum atomic E-state index is -0.135. The van der Waals surface area contributed by atoms with Crippen LogP contribution in [0.1, 0.15) is 34.1 Å². The average Bonchev–Trinajstić information content (AvgIpc) is 3.11. The lowest BCUT2D eigenvalue weighted by Crippen LogP contribution is -2.17. The molecule has 2 aromatic heterocycles. The van der Waals surface area contributed by atoms with Crippen molar-refractivity contribution >= 4 is 44.7 Å². The first kappa shape index (κ1) is 21.6. The molecule has 162 valence electrons. The zero-order valence-corrected chi connectivity index (χ0v) is 19.0. The SMILES string of the molecule is CC(=O)c1cccc(NC(=O)CCNc2ncnc3sc(C)c(-c4ccc(C)cc4)c23)c1. The predicted octanol–water partition coefficient (Wildman–Crippen LogP) is 5.62. The van der Waals surface area contributed by atoms with Crippen LogP contribution in [0.3, 0.4) is 0 Å². The fourth-order valence-electron chi connectivity index (χ4n) is 3.58. The summed E-state index contributed by atoms with van der Waals surface area (Å²) in [6.45, 7) is 6.09. The van der Waals surface area contributed by atoms with Gasteiger partial charge in [-0.1, -0.05) is 42.0 Å². The summed E-state index contributed by atoms with van der Waals surface area (Å²) in [7, 11) is 0. The Kier molecular flexibility index (Phi) is 6.28. The van der Waals surface area contributed by atoms with Gasteiger partial charge in [0.05, 0.1) is 5.39 Å². The summed E-state index contributed by atoms with van der Waals surface area (Å²) in [5.74, 6) is 0.552. The van der Waals surface area contributed by atoms with E-state index in [4.69, 9.17) is 0 Å². The number of hydrogen-bond donors (Lipinski definition) is 2. The Bertz CT molecular complexity index is 1300. The van der Waals surface area contributed by atoms with E-state index in [0.29, 0.717) is 17.8 Å². The van der Waals surface area contributed by atoms with Crippen LogP contribution >= 0.6 is 11.3 Å². The van der Waals surface area contributed by atoms with E-state index in [9.17, 15) is 9.59 Å². The van der Waals surface area contributed by atoms with Crippen LogP contribution in [0, 0.1) is 13.8 Å². The highest BCUT2D eigenvalue weighted by molar-refractivity contribution is 7.19. The molecule has 2 N–H and O–H groups in total. The molecule has 0 unspecified atom stereocenters. The van der Waals surface area contributed by atoms with Crippen molar-refractivity contribution < 1.29 is 9.59 Å². The van der Waals surface area contributed by atoms with Crippen LogP contribution in [0.4, 0.5) is 11.5 Å². The lowest BCUT2D eigenvalue weighted by Gasteiger charge is -2.10. The van der Waals surface area contributed by atoms with E-state index >= 15 is 0 Å². The number of anilines is 2. The Balaban J connectivity index is 1.49. The largest absolute Gasteiger partial charge is 0.369 e. The lowest BCUT2D eigenvalue weighted by atomic mass is 10.0. The molecule has 0 aliphatic rings.